The third kappa shape index (κ3) is 2.68. The first-order valence-electron chi connectivity index (χ1n) is 5.86. The third-order valence-electron chi connectivity index (χ3n) is 2.89. The zero-order valence-corrected chi connectivity index (χ0v) is 10.9. The zero-order chi connectivity index (χ0) is 13.1. The molecule has 1 aliphatic rings. The molecule has 1 fully saturated rings. The SMILES string of the molecule is C[C@@H](N)C(=O)N1CCCC1C(=O)Nc1nccs1. The molecule has 0 bridgehead atoms. The number of anilines is 1. The van der Waals surface area contributed by atoms with Crippen molar-refractivity contribution >= 4 is 28.3 Å². The van der Waals surface area contributed by atoms with Gasteiger partial charge in [-0.2, -0.15) is 0 Å². The molecule has 2 atom stereocenters. The van der Waals surface area contributed by atoms with E-state index in [1.807, 2.05) is 0 Å². The Kier molecular flexibility index (Phi) is 3.93. The van der Waals surface area contributed by atoms with E-state index in [1.54, 1.807) is 23.4 Å². The highest BCUT2D eigenvalue weighted by Crippen LogP contribution is 2.20. The number of hydrogen-bond donors (Lipinski definition) is 2. The Hall–Kier alpha value is -1.47. The quantitative estimate of drug-likeness (QED) is 0.831. The van der Waals surface area contributed by atoms with Crippen LogP contribution in [0.25, 0.3) is 0 Å². The minimum absolute atomic E-state index is 0.174. The molecular weight excluding hydrogens is 252 g/mol. The molecule has 0 aromatic carbocycles. The van der Waals surface area contributed by atoms with Gasteiger partial charge < -0.3 is 16.0 Å². The standard InChI is InChI=1S/C11H16N4O2S/c1-7(12)10(17)15-5-2-3-8(15)9(16)14-11-13-4-6-18-11/h4,6-8H,2-3,5,12H2,1H3,(H,13,14,16)/t7-,8?/m1/s1. The summed E-state index contributed by atoms with van der Waals surface area (Å²) in [6.45, 7) is 2.23. The van der Waals surface area contributed by atoms with Crippen LogP contribution in [0, 0.1) is 0 Å². The number of thiazole rings is 1. The zero-order valence-electron chi connectivity index (χ0n) is 10.1. The molecule has 0 radical (unpaired) electrons. The highest BCUT2D eigenvalue weighted by atomic mass is 32.1. The van der Waals surface area contributed by atoms with Crippen molar-refractivity contribution in [1.29, 1.82) is 0 Å². The van der Waals surface area contributed by atoms with E-state index in [0.29, 0.717) is 18.1 Å². The van der Waals surface area contributed by atoms with Gasteiger partial charge in [-0.05, 0) is 19.8 Å². The van der Waals surface area contributed by atoms with Gasteiger partial charge in [0.2, 0.25) is 11.8 Å². The molecule has 2 heterocycles. The normalized spacial score (nSPS) is 20.8. The summed E-state index contributed by atoms with van der Waals surface area (Å²) in [6, 6.07) is -0.995. The van der Waals surface area contributed by atoms with Crippen molar-refractivity contribution in [2.24, 2.45) is 5.73 Å². The van der Waals surface area contributed by atoms with Gasteiger partial charge in [-0.1, -0.05) is 0 Å². The maximum atomic E-state index is 12.1. The molecule has 6 nitrogen and oxygen atoms in total. The van der Waals surface area contributed by atoms with Gasteiger partial charge in [-0.15, -0.1) is 11.3 Å². The first-order chi connectivity index (χ1) is 8.59. The predicted octanol–water partition coefficient (Wildman–Crippen LogP) is 0.420. The summed E-state index contributed by atoms with van der Waals surface area (Å²) in [6.07, 6.45) is 3.13. The van der Waals surface area contributed by atoms with E-state index in [2.05, 4.69) is 10.3 Å². The molecule has 3 N–H and O–H groups in total. The van der Waals surface area contributed by atoms with Gasteiger partial charge in [0.1, 0.15) is 6.04 Å². The lowest BCUT2D eigenvalue weighted by Gasteiger charge is -2.25. The van der Waals surface area contributed by atoms with Gasteiger partial charge in [0, 0.05) is 18.1 Å². The Morgan fingerprint density at radius 2 is 2.44 bits per heavy atom. The number of carbonyl (C=O) groups excluding carboxylic acids is 2. The van der Waals surface area contributed by atoms with Crippen LogP contribution in [0.15, 0.2) is 11.6 Å². The van der Waals surface area contributed by atoms with E-state index in [1.165, 1.54) is 11.3 Å². The average molecular weight is 268 g/mol. The summed E-state index contributed by atoms with van der Waals surface area (Å²) in [5, 5.41) is 5.06. The molecule has 98 valence electrons. The fraction of sp³-hybridized carbons (Fsp3) is 0.545. The van der Waals surface area contributed by atoms with Crippen molar-refractivity contribution in [2.45, 2.75) is 31.8 Å². The minimum Gasteiger partial charge on any atom is -0.329 e. The highest BCUT2D eigenvalue weighted by molar-refractivity contribution is 7.13. The van der Waals surface area contributed by atoms with Crippen LogP contribution in [0.5, 0.6) is 0 Å². The summed E-state index contributed by atoms with van der Waals surface area (Å²) < 4.78 is 0. The fourth-order valence-electron chi connectivity index (χ4n) is 2.04. The lowest BCUT2D eigenvalue weighted by molar-refractivity contribution is -0.137. The number of amides is 2. The molecule has 2 rings (SSSR count). The average Bonchev–Trinajstić information content (AvgIpc) is 2.97. The van der Waals surface area contributed by atoms with Crippen LogP contribution in [0.2, 0.25) is 0 Å². The van der Waals surface area contributed by atoms with E-state index in [-0.39, 0.29) is 11.8 Å². The van der Waals surface area contributed by atoms with Crippen LogP contribution in [0.4, 0.5) is 5.13 Å². The smallest absolute Gasteiger partial charge is 0.248 e. The van der Waals surface area contributed by atoms with Crippen LogP contribution < -0.4 is 11.1 Å². The van der Waals surface area contributed by atoms with Crippen LogP contribution in [-0.2, 0) is 9.59 Å². The van der Waals surface area contributed by atoms with E-state index >= 15 is 0 Å². The molecule has 1 aromatic heterocycles. The number of rotatable bonds is 3. The van der Waals surface area contributed by atoms with Crippen molar-refractivity contribution in [3.8, 4) is 0 Å². The second-order valence-corrected chi connectivity index (χ2v) is 5.20. The Morgan fingerprint density at radius 3 is 3.06 bits per heavy atom. The molecule has 0 spiro atoms. The largest absolute Gasteiger partial charge is 0.329 e. The van der Waals surface area contributed by atoms with Gasteiger partial charge in [0.25, 0.3) is 0 Å². The molecule has 1 unspecified atom stereocenters. The molecule has 2 amide bonds. The summed E-state index contributed by atoms with van der Waals surface area (Å²) >= 11 is 1.35. The van der Waals surface area contributed by atoms with Crippen molar-refractivity contribution < 1.29 is 9.59 Å². The molecular formula is C11H16N4O2S. The molecule has 7 heteroatoms. The lowest BCUT2D eigenvalue weighted by Crippen LogP contribution is -2.48. The van der Waals surface area contributed by atoms with Crippen LogP contribution in [0.3, 0.4) is 0 Å². The van der Waals surface area contributed by atoms with Gasteiger partial charge in [0.05, 0.1) is 6.04 Å². The first kappa shape index (κ1) is 13.0. The number of carbonyl (C=O) groups is 2. The molecule has 1 aliphatic heterocycles. The monoisotopic (exact) mass is 268 g/mol. The predicted molar refractivity (Wildman–Crippen MR) is 69.1 cm³/mol. The maximum Gasteiger partial charge on any atom is 0.248 e. The molecule has 1 saturated heterocycles. The second-order valence-electron chi connectivity index (χ2n) is 4.30. The van der Waals surface area contributed by atoms with Crippen molar-refractivity contribution in [3.63, 3.8) is 0 Å². The number of nitrogens with two attached hydrogens (primary N) is 1. The first-order valence-corrected chi connectivity index (χ1v) is 6.74. The van der Waals surface area contributed by atoms with Crippen LogP contribution >= 0.6 is 11.3 Å². The summed E-state index contributed by atoms with van der Waals surface area (Å²) in [7, 11) is 0. The number of hydrogen-bond acceptors (Lipinski definition) is 5. The second kappa shape index (κ2) is 5.45. The van der Waals surface area contributed by atoms with Gasteiger partial charge in [0.15, 0.2) is 5.13 Å². The van der Waals surface area contributed by atoms with E-state index in [4.69, 9.17) is 5.73 Å². The van der Waals surface area contributed by atoms with Gasteiger partial charge >= 0.3 is 0 Å². The van der Waals surface area contributed by atoms with E-state index in [9.17, 15) is 9.59 Å². The maximum absolute atomic E-state index is 12.1. The summed E-state index contributed by atoms with van der Waals surface area (Å²) in [5.74, 6) is -0.358. The topological polar surface area (TPSA) is 88.3 Å². The van der Waals surface area contributed by atoms with Crippen molar-refractivity contribution in [3.05, 3.63) is 11.6 Å². The molecule has 0 aliphatic carbocycles. The molecule has 1 aromatic rings. The molecule has 18 heavy (non-hydrogen) atoms. The van der Waals surface area contributed by atoms with Crippen LogP contribution in [0.1, 0.15) is 19.8 Å². The number of aromatic nitrogens is 1. The number of nitrogens with one attached hydrogen (secondary N) is 1. The minimum atomic E-state index is -0.571. The van der Waals surface area contributed by atoms with E-state index < -0.39 is 12.1 Å². The third-order valence-corrected chi connectivity index (χ3v) is 3.58. The number of likely N-dealkylation sites (tertiary alicyclic amines) is 1. The molecule has 0 saturated carbocycles. The fourth-order valence-corrected chi connectivity index (χ4v) is 2.57. The Morgan fingerprint density at radius 1 is 1.67 bits per heavy atom. The van der Waals surface area contributed by atoms with Gasteiger partial charge in [-0.3, -0.25) is 9.59 Å². The van der Waals surface area contributed by atoms with Crippen molar-refractivity contribution in [1.82, 2.24) is 9.88 Å². The van der Waals surface area contributed by atoms with Gasteiger partial charge in [-0.25, -0.2) is 4.98 Å². The van der Waals surface area contributed by atoms with Crippen molar-refractivity contribution in [2.75, 3.05) is 11.9 Å². The summed E-state index contributed by atoms with van der Waals surface area (Å²) in [4.78, 5) is 29.5. The Labute approximate surface area is 109 Å². The lowest BCUT2D eigenvalue weighted by atomic mass is 10.2. The Bertz CT molecular complexity index is 432. The number of nitrogens with zero attached hydrogens (tertiary/aromatic N) is 2. The van der Waals surface area contributed by atoms with E-state index in [0.717, 1.165) is 6.42 Å². The highest BCUT2D eigenvalue weighted by Gasteiger charge is 2.35. The van der Waals surface area contributed by atoms with Crippen LogP contribution in [-0.4, -0.2) is 40.3 Å². The Balaban J connectivity index is 2.02. The summed E-state index contributed by atoms with van der Waals surface area (Å²) in [5.41, 5.74) is 5.58.